The lowest BCUT2D eigenvalue weighted by atomic mass is 10.1. The first-order chi connectivity index (χ1) is 13.5. The van der Waals surface area contributed by atoms with E-state index in [9.17, 15) is 0 Å². The molecule has 0 bridgehead atoms. The maximum absolute atomic E-state index is 9.11. The van der Waals surface area contributed by atoms with Crippen molar-refractivity contribution in [1.29, 1.82) is 5.26 Å². The fraction of sp³-hybridized carbons (Fsp3) is 0.273. The van der Waals surface area contributed by atoms with Crippen LogP contribution in [0, 0.1) is 11.3 Å². The molecular formula is C22H27N5O. The van der Waals surface area contributed by atoms with Crippen molar-refractivity contribution in [3.8, 4) is 6.07 Å². The molecule has 0 saturated heterocycles. The zero-order valence-corrected chi connectivity index (χ0v) is 16.8. The maximum atomic E-state index is 9.11. The quantitative estimate of drug-likeness (QED) is 0.686. The van der Waals surface area contributed by atoms with E-state index in [0.29, 0.717) is 22.7 Å². The summed E-state index contributed by atoms with van der Waals surface area (Å²) in [7, 11) is 5.70. The van der Waals surface area contributed by atoms with Gasteiger partial charge in [-0.25, -0.2) is 4.99 Å². The summed E-state index contributed by atoms with van der Waals surface area (Å²) >= 11 is 0. The van der Waals surface area contributed by atoms with Gasteiger partial charge in [0, 0.05) is 25.5 Å². The number of rotatable bonds is 8. The number of aliphatic imine (C=N–C) groups is 1. The van der Waals surface area contributed by atoms with E-state index in [0.717, 1.165) is 12.2 Å². The smallest absolute Gasteiger partial charge is 0.0992 e. The molecule has 2 rings (SSSR count). The SMILES string of the molecule is CO[C@@H](C)C(=Nc1cccc(C#N)c1)/C(=C\N)Nc1ccc(CN(C)C)cc1. The van der Waals surface area contributed by atoms with Crippen LogP contribution in [0.15, 0.2) is 65.4 Å². The minimum Gasteiger partial charge on any atom is -0.403 e. The second kappa shape index (κ2) is 10.3. The molecule has 0 aliphatic heterocycles. The highest BCUT2D eigenvalue weighted by molar-refractivity contribution is 6.06. The van der Waals surface area contributed by atoms with Crippen molar-refractivity contribution in [1.82, 2.24) is 4.90 Å². The molecule has 0 radical (unpaired) electrons. The van der Waals surface area contributed by atoms with E-state index in [-0.39, 0.29) is 6.10 Å². The van der Waals surface area contributed by atoms with E-state index < -0.39 is 0 Å². The van der Waals surface area contributed by atoms with Crippen molar-refractivity contribution in [2.24, 2.45) is 10.7 Å². The van der Waals surface area contributed by atoms with Gasteiger partial charge in [-0.05, 0) is 56.9 Å². The molecule has 0 spiro atoms. The predicted molar refractivity (Wildman–Crippen MR) is 114 cm³/mol. The summed E-state index contributed by atoms with van der Waals surface area (Å²) in [5.74, 6) is 0. The minimum atomic E-state index is -0.291. The molecule has 3 N–H and O–H groups in total. The van der Waals surface area contributed by atoms with E-state index in [1.165, 1.54) is 11.8 Å². The van der Waals surface area contributed by atoms with Crippen molar-refractivity contribution >= 4 is 17.1 Å². The first-order valence-corrected chi connectivity index (χ1v) is 9.01. The second-order valence-electron chi connectivity index (χ2n) is 6.68. The van der Waals surface area contributed by atoms with Crippen LogP contribution in [0.1, 0.15) is 18.1 Å². The van der Waals surface area contributed by atoms with Crippen molar-refractivity contribution < 1.29 is 4.74 Å². The number of nitrogens with two attached hydrogens (primary N) is 1. The summed E-state index contributed by atoms with van der Waals surface area (Å²) in [5, 5.41) is 12.4. The Morgan fingerprint density at radius 2 is 2.00 bits per heavy atom. The Bertz CT molecular complexity index is 879. The Balaban J connectivity index is 2.30. The Morgan fingerprint density at radius 3 is 2.57 bits per heavy atom. The molecule has 0 heterocycles. The van der Waals surface area contributed by atoms with Crippen molar-refractivity contribution in [3.05, 3.63) is 71.6 Å². The van der Waals surface area contributed by atoms with E-state index >= 15 is 0 Å². The van der Waals surface area contributed by atoms with Crippen LogP contribution in [-0.2, 0) is 11.3 Å². The Hall–Kier alpha value is -3.14. The van der Waals surface area contributed by atoms with Gasteiger partial charge in [-0.3, -0.25) is 0 Å². The topological polar surface area (TPSA) is 86.7 Å². The highest BCUT2D eigenvalue weighted by Gasteiger charge is 2.16. The summed E-state index contributed by atoms with van der Waals surface area (Å²) in [4.78, 5) is 6.80. The Labute approximate surface area is 166 Å². The first-order valence-electron chi connectivity index (χ1n) is 9.01. The lowest BCUT2D eigenvalue weighted by Gasteiger charge is -2.18. The van der Waals surface area contributed by atoms with E-state index in [4.69, 9.17) is 15.7 Å². The van der Waals surface area contributed by atoms with Gasteiger partial charge in [-0.2, -0.15) is 5.26 Å². The van der Waals surface area contributed by atoms with E-state index in [1.807, 2.05) is 39.2 Å². The zero-order chi connectivity index (χ0) is 20.5. The fourth-order valence-electron chi connectivity index (χ4n) is 2.67. The summed E-state index contributed by atoms with van der Waals surface area (Å²) < 4.78 is 5.49. The zero-order valence-electron chi connectivity index (χ0n) is 16.8. The van der Waals surface area contributed by atoms with Gasteiger partial charge in [-0.1, -0.05) is 18.2 Å². The molecular weight excluding hydrogens is 350 g/mol. The summed E-state index contributed by atoms with van der Waals surface area (Å²) in [5.41, 5.74) is 10.5. The maximum Gasteiger partial charge on any atom is 0.0992 e. The minimum absolute atomic E-state index is 0.291. The average molecular weight is 377 g/mol. The van der Waals surface area contributed by atoms with Crippen LogP contribution in [-0.4, -0.2) is 37.9 Å². The molecule has 0 aromatic heterocycles. The highest BCUT2D eigenvalue weighted by Crippen LogP contribution is 2.20. The van der Waals surface area contributed by atoms with Crippen molar-refractivity contribution in [2.75, 3.05) is 26.5 Å². The molecule has 2 aromatic rings. The summed E-state index contributed by atoms with van der Waals surface area (Å²) in [6.45, 7) is 2.78. The van der Waals surface area contributed by atoms with Crippen LogP contribution in [0.5, 0.6) is 0 Å². The monoisotopic (exact) mass is 377 g/mol. The van der Waals surface area contributed by atoms with Crippen LogP contribution in [0.2, 0.25) is 0 Å². The Morgan fingerprint density at radius 1 is 1.29 bits per heavy atom. The largest absolute Gasteiger partial charge is 0.403 e. The Kier molecular flexibility index (Phi) is 7.76. The van der Waals surface area contributed by atoms with Gasteiger partial charge in [-0.15, -0.1) is 0 Å². The van der Waals surface area contributed by atoms with Gasteiger partial charge in [0.2, 0.25) is 0 Å². The molecule has 146 valence electrons. The number of methoxy groups -OCH3 is 1. The van der Waals surface area contributed by atoms with Gasteiger partial charge in [0.15, 0.2) is 0 Å². The number of benzene rings is 2. The molecule has 1 atom stereocenters. The molecule has 0 fully saturated rings. The third kappa shape index (κ3) is 5.95. The van der Waals surface area contributed by atoms with E-state index in [2.05, 4.69) is 33.4 Å². The molecule has 28 heavy (non-hydrogen) atoms. The normalized spacial score (nSPS) is 13.3. The van der Waals surface area contributed by atoms with Crippen LogP contribution in [0.4, 0.5) is 11.4 Å². The molecule has 0 aliphatic rings. The number of nitrogens with one attached hydrogen (secondary N) is 1. The van der Waals surface area contributed by atoms with Crippen LogP contribution < -0.4 is 11.1 Å². The predicted octanol–water partition coefficient (Wildman–Crippen LogP) is 3.64. The molecule has 0 aliphatic carbocycles. The second-order valence-corrected chi connectivity index (χ2v) is 6.68. The number of anilines is 1. The lowest BCUT2D eigenvalue weighted by molar-refractivity contribution is 0.171. The molecule has 0 amide bonds. The highest BCUT2D eigenvalue weighted by atomic mass is 16.5. The first kappa shape index (κ1) is 21.2. The summed E-state index contributed by atoms with van der Waals surface area (Å²) in [6, 6.07) is 17.4. The number of hydrogen-bond acceptors (Lipinski definition) is 6. The van der Waals surface area contributed by atoms with Crippen LogP contribution in [0.25, 0.3) is 0 Å². The van der Waals surface area contributed by atoms with Crippen LogP contribution >= 0.6 is 0 Å². The number of ether oxygens (including phenoxy) is 1. The molecule has 0 unspecified atom stereocenters. The number of hydrogen-bond donors (Lipinski definition) is 2. The van der Waals surface area contributed by atoms with Gasteiger partial charge in [0.25, 0.3) is 0 Å². The standard InChI is InChI=1S/C22H27N5O/c1-16(28-4)22(26-20-7-5-6-18(12-20)13-23)21(14-24)25-19-10-8-17(9-11-19)15-27(2)3/h5-12,14,16,25H,15,24H2,1-4H3/b21-14+,26-22?/t16-/m0/s1. The lowest BCUT2D eigenvalue weighted by Crippen LogP contribution is -2.26. The van der Waals surface area contributed by atoms with Crippen molar-refractivity contribution in [2.45, 2.75) is 19.6 Å². The molecule has 0 saturated carbocycles. The van der Waals surface area contributed by atoms with Gasteiger partial charge in [0.05, 0.1) is 34.8 Å². The molecule has 6 nitrogen and oxygen atoms in total. The molecule has 2 aromatic carbocycles. The molecule has 6 heteroatoms. The van der Waals surface area contributed by atoms with Gasteiger partial charge < -0.3 is 20.7 Å². The number of nitrogens with zero attached hydrogens (tertiary/aromatic N) is 3. The fourth-order valence-corrected chi connectivity index (χ4v) is 2.67. The summed E-state index contributed by atoms with van der Waals surface area (Å²) in [6.07, 6.45) is 1.19. The third-order valence-electron chi connectivity index (χ3n) is 4.14. The van der Waals surface area contributed by atoms with Gasteiger partial charge >= 0.3 is 0 Å². The van der Waals surface area contributed by atoms with Gasteiger partial charge in [0.1, 0.15) is 0 Å². The van der Waals surface area contributed by atoms with E-state index in [1.54, 1.807) is 25.3 Å². The number of nitriles is 1. The third-order valence-corrected chi connectivity index (χ3v) is 4.14. The van der Waals surface area contributed by atoms with Crippen LogP contribution in [0.3, 0.4) is 0 Å². The van der Waals surface area contributed by atoms with Crippen molar-refractivity contribution in [3.63, 3.8) is 0 Å². The average Bonchev–Trinajstić information content (AvgIpc) is 2.71.